The molecule has 21 heavy (non-hydrogen) atoms. The van der Waals surface area contributed by atoms with Crippen molar-refractivity contribution < 1.29 is 13.9 Å². The van der Waals surface area contributed by atoms with Crippen LogP contribution in [0.25, 0.3) is 11.1 Å². The van der Waals surface area contributed by atoms with Gasteiger partial charge < -0.3 is 10.1 Å². The van der Waals surface area contributed by atoms with E-state index in [2.05, 4.69) is 10.3 Å². The van der Waals surface area contributed by atoms with Crippen LogP contribution in [0.1, 0.15) is 17.4 Å². The Bertz CT molecular complexity index is 669. The maximum absolute atomic E-state index is 14.1. The smallest absolute Gasteiger partial charge is 0.273 e. The fraction of sp³-hybridized carbons (Fsp3) is 0.250. The second-order valence-corrected chi connectivity index (χ2v) is 5.43. The second-order valence-electron chi connectivity index (χ2n) is 5.43. The summed E-state index contributed by atoms with van der Waals surface area (Å²) in [6.45, 7) is 2.72. The number of benzene rings is 1. The molecule has 0 spiro atoms. The van der Waals surface area contributed by atoms with E-state index in [1.54, 1.807) is 0 Å². The molecule has 2 aromatic rings. The number of nitrogens with one attached hydrogen (secondary N) is 1. The molecule has 1 aliphatic heterocycles. The maximum atomic E-state index is 14.1. The van der Waals surface area contributed by atoms with Crippen LogP contribution in [0.3, 0.4) is 0 Å². The summed E-state index contributed by atoms with van der Waals surface area (Å²) in [5.74, 6) is -1.14. The van der Waals surface area contributed by atoms with Gasteiger partial charge in [0.15, 0.2) is 11.5 Å². The molecule has 1 saturated heterocycles. The van der Waals surface area contributed by atoms with Crippen LogP contribution in [0.15, 0.2) is 42.6 Å². The molecular weight excluding hydrogens is 271 g/mol. The van der Waals surface area contributed by atoms with E-state index in [9.17, 15) is 9.18 Å². The Balaban J connectivity index is 1.83. The lowest BCUT2D eigenvalue weighted by Gasteiger charge is -2.38. The summed E-state index contributed by atoms with van der Waals surface area (Å²) in [4.78, 5) is 16.0. The molecule has 3 rings (SSSR count). The number of carbonyl (C=O) groups excluding carboxylic acids is 1. The zero-order valence-corrected chi connectivity index (χ0v) is 11.6. The number of pyridine rings is 1. The van der Waals surface area contributed by atoms with Crippen LogP contribution in [0, 0.1) is 5.82 Å². The molecule has 0 radical (unpaired) electrons. The zero-order chi connectivity index (χ0) is 14.9. The van der Waals surface area contributed by atoms with Gasteiger partial charge in [0.1, 0.15) is 0 Å². The molecule has 108 valence electrons. The lowest BCUT2D eigenvalue weighted by Crippen LogP contribution is -2.60. The Morgan fingerprint density at radius 1 is 1.29 bits per heavy atom. The second kappa shape index (κ2) is 5.26. The van der Waals surface area contributed by atoms with E-state index < -0.39 is 17.3 Å². The first-order chi connectivity index (χ1) is 10.1. The highest BCUT2D eigenvalue weighted by Crippen LogP contribution is 2.21. The molecule has 1 aliphatic rings. The van der Waals surface area contributed by atoms with E-state index >= 15 is 0 Å². The molecular formula is C16H15FN2O2. The highest BCUT2D eigenvalue weighted by Gasteiger charge is 2.35. The molecule has 1 amide bonds. The summed E-state index contributed by atoms with van der Waals surface area (Å²) in [6.07, 6.45) is 1.51. The van der Waals surface area contributed by atoms with Crippen molar-refractivity contribution in [1.29, 1.82) is 0 Å². The normalized spacial score (nSPS) is 16.1. The average molecular weight is 286 g/mol. The van der Waals surface area contributed by atoms with Gasteiger partial charge in [0.2, 0.25) is 0 Å². The number of aromatic nitrogens is 1. The van der Waals surface area contributed by atoms with Gasteiger partial charge in [-0.15, -0.1) is 0 Å². The monoisotopic (exact) mass is 286 g/mol. The van der Waals surface area contributed by atoms with Crippen LogP contribution < -0.4 is 5.32 Å². The van der Waals surface area contributed by atoms with Gasteiger partial charge in [-0.05, 0) is 18.6 Å². The molecule has 0 atom stereocenters. The molecule has 1 fully saturated rings. The fourth-order valence-corrected chi connectivity index (χ4v) is 2.21. The van der Waals surface area contributed by atoms with Gasteiger partial charge in [-0.3, -0.25) is 4.79 Å². The molecule has 0 unspecified atom stereocenters. The summed E-state index contributed by atoms with van der Waals surface area (Å²) in [5.41, 5.74) is 0.879. The van der Waals surface area contributed by atoms with Gasteiger partial charge in [-0.1, -0.05) is 30.3 Å². The van der Waals surface area contributed by atoms with Crippen molar-refractivity contribution in [2.75, 3.05) is 13.2 Å². The minimum Gasteiger partial charge on any atom is -0.376 e. The SMILES string of the molecule is CC1(NC(=O)c2ncc(-c3ccccc3)cc2F)COC1. The van der Waals surface area contributed by atoms with E-state index in [0.29, 0.717) is 18.8 Å². The number of halogens is 1. The lowest BCUT2D eigenvalue weighted by atomic mass is 10.0. The topological polar surface area (TPSA) is 51.2 Å². The third-order valence-electron chi connectivity index (χ3n) is 3.42. The van der Waals surface area contributed by atoms with Crippen LogP contribution in [-0.2, 0) is 4.74 Å². The maximum Gasteiger partial charge on any atom is 0.273 e. The van der Waals surface area contributed by atoms with Crippen LogP contribution in [0.4, 0.5) is 4.39 Å². The van der Waals surface area contributed by atoms with Gasteiger partial charge in [-0.2, -0.15) is 0 Å². The Morgan fingerprint density at radius 3 is 2.57 bits per heavy atom. The largest absolute Gasteiger partial charge is 0.376 e. The fourth-order valence-electron chi connectivity index (χ4n) is 2.21. The molecule has 1 N–H and O–H groups in total. The summed E-state index contributed by atoms with van der Waals surface area (Å²) >= 11 is 0. The van der Waals surface area contributed by atoms with Gasteiger partial charge >= 0.3 is 0 Å². The minimum absolute atomic E-state index is 0.192. The summed E-state index contributed by atoms with van der Waals surface area (Å²) in [7, 11) is 0. The molecule has 0 saturated carbocycles. The van der Waals surface area contributed by atoms with Crippen LogP contribution in [0.2, 0.25) is 0 Å². The summed E-state index contributed by atoms with van der Waals surface area (Å²) in [6, 6.07) is 10.7. The van der Waals surface area contributed by atoms with Crippen LogP contribution in [0.5, 0.6) is 0 Å². The predicted octanol–water partition coefficient (Wildman–Crippen LogP) is 2.41. The molecule has 0 bridgehead atoms. The number of amides is 1. The number of nitrogens with zero attached hydrogens (tertiary/aromatic N) is 1. The number of carbonyl (C=O) groups is 1. The van der Waals surface area contributed by atoms with Gasteiger partial charge in [0, 0.05) is 11.8 Å². The van der Waals surface area contributed by atoms with E-state index in [4.69, 9.17) is 4.74 Å². The molecule has 2 heterocycles. The molecule has 4 nitrogen and oxygen atoms in total. The van der Waals surface area contributed by atoms with E-state index in [1.807, 2.05) is 37.3 Å². The van der Waals surface area contributed by atoms with Gasteiger partial charge in [-0.25, -0.2) is 9.37 Å². The quantitative estimate of drug-likeness (QED) is 0.942. The van der Waals surface area contributed by atoms with Gasteiger partial charge in [0.25, 0.3) is 5.91 Å². The molecule has 5 heteroatoms. The van der Waals surface area contributed by atoms with E-state index in [1.165, 1.54) is 12.3 Å². The van der Waals surface area contributed by atoms with Crippen molar-refractivity contribution in [1.82, 2.24) is 10.3 Å². The Kier molecular flexibility index (Phi) is 3.43. The molecule has 1 aromatic carbocycles. The highest BCUT2D eigenvalue weighted by molar-refractivity contribution is 5.93. The third kappa shape index (κ3) is 2.78. The zero-order valence-electron chi connectivity index (χ0n) is 11.6. The van der Waals surface area contributed by atoms with E-state index in [-0.39, 0.29) is 5.69 Å². The van der Waals surface area contributed by atoms with Crippen LogP contribution in [-0.4, -0.2) is 29.6 Å². The summed E-state index contributed by atoms with van der Waals surface area (Å²) in [5, 5.41) is 2.74. The van der Waals surface area contributed by atoms with Crippen LogP contribution >= 0.6 is 0 Å². The van der Waals surface area contributed by atoms with Crippen molar-refractivity contribution in [2.45, 2.75) is 12.5 Å². The lowest BCUT2D eigenvalue weighted by molar-refractivity contribution is -0.0594. The first-order valence-electron chi connectivity index (χ1n) is 6.69. The number of ether oxygens (including phenoxy) is 1. The average Bonchev–Trinajstić information content (AvgIpc) is 2.46. The van der Waals surface area contributed by atoms with Crippen molar-refractivity contribution in [3.63, 3.8) is 0 Å². The van der Waals surface area contributed by atoms with E-state index in [0.717, 1.165) is 5.56 Å². The minimum atomic E-state index is -0.627. The Hall–Kier alpha value is -2.27. The van der Waals surface area contributed by atoms with Crippen molar-refractivity contribution >= 4 is 5.91 Å². The van der Waals surface area contributed by atoms with Crippen molar-refractivity contribution in [2.24, 2.45) is 0 Å². The number of hydrogen-bond acceptors (Lipinski definition) is 3. The number of hydrogen-bond donors (Lipinski definition) is 1. The predicted molar refractivity (Wildman–Crippen MR) is 76.3 cm³/mol. The first kappa shape index (κ1) is 13.7. The highest BCUT2D eigenvalue weighted by atomic mass is 19.1. The van der Waals surface area contributed by atoms with Crippen molar-refractivity contribution in [3.8, 4) is 11.1 Å². The first-order valence-corrected chi connectivity index (χ1v) is 6.69. The molecule has 1 aromatic heterocycles. The standard InChI is InChI=1S/C16H15FN2O2/c1-16(9-21-10-16)19-15(20)14-13(17)7-12(8-18-14)11-5-3-2-4-6-11/h2-8H,9-10H2,1H3,(H,19,20). The Labute approximate surface area is 122 Å². The Morgan fingerprint density at radius 2 is 2.00 bits per heavy atom. The molecule has 0 aliphatic carbocycles. The van der Waals surface area contributed by atoms with Gasteiger partial charge in [0.05, 0.1) is 18.8 Å². The van der Waals surface area contributed by atoms with Crippen molar-refractivity contribution in [3.05, 3.63) is 54.1 Å². The third-order valence-corrected chi connectivity index (χ3v) is 3.42. The summed E-state index contributed by atoms with van der Waals surface area (Å²) < 4.78 is 19.2. The number of rotatable bonds is 3.